The van der Waals surface area contributed by atoms with E-state index in [9.17, 15) is 9.59 Å². The summed E-state index contributed by atoms with van der Waals surface area (Å²) in [4.78, 5) is 23.0. The highest BCUT2D eigenvalue weighted by atomic mass is 16.2. The number of rotatable bonds is 11. The Morgan fingerprint density at radius 1 is 0.947 bits per heavy atom. The molecule has 0 rings (SSSR count). The number of nitrogens with one attached hydrogen (secondary N) is 1. The SMILES string of the molecule is NCCCC[C@H](NC(=O)[C@@H](N)CCCCN)C(N)=O. The summed E-state index contributed by atoms with van der Waals surface area (Å²) in [5, 5.41) is 2.59. The van der Waals surface area contributed by atoms with E-state index in [0.29, 0.717) is 25.9 Å². The van der Waals surface area contributed by atoms with E-state index in [2.05, 4.69) is 5.32 Å². The Morgan fingerprint density at radius 3 is 1.95 bits per heavy atom. The lowest BCUT2D eigenvalue weighted by molar-refractivity contribution is -0.128. The monoisotopic (exact) mass is 273 g/mol. The van der Waals surface area contributed by atoms with Gasteiger partial charge in [-0.3, -0.25) is 9.59 Å². The molecular formula is C12H27N5O2. The summed E-state index contributed by atoms with van der Waals surface area (Å²) >= 11 is 0. The maximum atomic E-state index is 11.8. The highest BCUT2D eigenvalue weighted by Crippen LogP contribution is 2.02. The van der Waals surface area contributed by atoms with Gasteiger partial charge in [-0.05, 0) is 45.2 Å². The molecule has 0 aromatic carbocycles. The number of primary amides is 1. The van der Waals surface area contributed by atoms with Gasteiger partial charge in [0.05, 0.1) is 6.04 Å². The molecule has 7 heteroatoms. The molecule has 0 saturated heterocycles. The van der Waals surface area contributed by atoms with Crippen LogP contribution in [0.5, 0.6) is 0 Å². The minimum Gasteiger partial charge on any atom is -0.368 e. The number of hydrogen-bond donors (Lipinski definition) is 5. The highest BCUT2D eigenvalue weighted by Gasteiger charge is 2.21. The molecule has 0 aromatic heterocycles. The first-order chi connectivity index (χ1) is 9.02. The fraction of sp³-hybridized carbons (Fsp3) is 0.833. The average molecular weight is 273 g/mol. The first-order valence-corrected chi connectivity index (χ1v) is 6.78. The fourth-order valence-electron chi connectivity index (χ4n) is 1.70. The molecule has 2 amide bonds. The van der Waals surface area contributed by atoms with E-state index in [4.69, 9.17) is 22.9 Å². The predicted octanol–water partition coefficient (Wildman–Crippen LogP) is -1.46. The standard InChI is InChI=1S/C12H27N5O2/c13-7-3-1-5-9(15)12(19)17-10(11(16)18)6-2-4-8-14/h9-10H,1-8,13-15H2,(H2,16,18)(H,17,19)/t9-,10-/m0/s1. The van der Waals surface area contributed by atoms with Crippen molar-refractivity contribution in [2.75, 3.05) is 13.1 Å². The number of unbranched alkanes of at least 4 members (excludes halogenated alkanes) is 2. The second-order valence-electron chi connectivity index (χ2n) is 4.64. The molecular weight excluding hydrogens is 246 g/mol. The summed E-state index contributed by atoms with van der Waals surface area (Å²) in [7, 11) is 0. The minimum atomic E-state index is -0.667. The molecule has 0 heterocycles. The van der Waals surface area contributed by atoms with Gasteiger partial charge in [0.2, 0.25) is 11.8 Å². The normalized spacial score (nSPS) is 13.8. The topological polar surface area (TPSA) is 150 Å². The summed E-state index contributed by atoms with van der Waals surface area (Å²) in [6.45, 7) is 1.13. The first-order valence-electron chi connectivity index (χ1n) is 6.78. The van der Waals surface area contributed by atoms with Crippen LogP contribution in [0.15, 0.2) is 0 Å². The maximum Gasteiger partial charge on any atom is 0.240 e. The zero-order valence-electron chi connectivity index (χ0n) is 11.4. The van der Waals surface area contributed by atoms with Crippen LogP contribution in [-0.4, -0.2) is 37.0 Å². The zero-order chi connectivity index (χ0) is 14.7. The van der Waals surface area contributed by atoms with E-state index in [1.54, 1.807) is 0 Å². The molecule has 2 atom stereocenters. The molecule has 0 saturated carbocycles. The van der Waals surface area contributed by atoms with Crippen LogP contribution in [0.25, 0.3) is 0 Å². The van der Waals surface area contributed by atoms with Crippen LogP contribution in [-0.2, 0) is 9.59 Å². The van der Waals surface area contributed by atoms with Crippen molar-refractivity contribution >= 4 is 11.8 Å². The lowest BCUT2D eigenvalue weighted by Crippen LogP contribution is -2.50. The quantitative estimate of drug-likeness (QED) is 0.291. The van der Waals surface area contributed by atoms with Gasteiger partial charge >= 0.3 is 0 Å². The Labute approximate surface area is 114 Å². The van der Waals surface area contributed by atoms with Crippen LogP contribution < -0.4 is 28.3 Å². The molecule has 0 aliphatic carbocycles. The summed E-state index contributed by atoms with van der Waals surface area (Å²) in [6.07, 6.45) is 4.20. The van der Waals surface area contributed by atoms with Gasteiger partial charge in [0, 0.05) is 0 Å². The van der Waals surface area contributed by atoms with Crippen LogP contribution in [0, 0.1) is 0 Å². The summed E-state index contributed by atoms with van der Waals surface area (Å²) < 4.78 is 0. The lowest BCUT2D eigenvalue weighted by Gasteiger charge is -2.18. The van der Waals surface area contributed by atoms with E-state index in [1.165, 1.54) is 0 Å². The van der Waals surface area contributed by atoms with Gasteiger partial charge in [0.25, 0.3) is 0 Å². The van der Waals surface area contributed by atoms with Crippen LogP contribution in [0.3, 0.4) is 0 Å². The third kappa shape index (κ3) is 8.52. The van der Waals surface area contributed by atoms with E-state index in [-0.39, 0.29) is 5.91 Å². The summed E-state index contributed by atoms with van der Waals surface area (Å²) in [5.74, 6) is -0.881. The van der Waals surface area contributed by atoms with Gasteiger partial charge in [-0.1, -0.05) is 6.42 Å². The van der Waals surface area contributed by atoms with Crippen LogP contribution in [0.1, 0.15) is 38.5 Å². The fourth-order valence-corrected chi connectivity index (χ4v) is 1.70. The Hall–Kier alpha value is -1.18. The van der Waals surface area contributed by atoms with Crippen LogP contribution in [0.4, 0.5) is 0 Å². The minimum absolute atomic E-state index is 0.339. The predicted molar refractivity (Wildman–Crippen MR) is 74.9 cm³/mol. The van der Waals surface area contributed by atoms with Gasteiger partial charge < -0.3 is 28.3 Å². The van der Waals surface area contributed by atoms with Crippen molar-refractivity contribution < 1.29 is 9.59 Å². The number of amides is 2. The summed E-state index contributed by atoms with van der Waals surface area (Å²) in [5.41, 5.74) is 21.7. The van der Waals surface area contributed by atoms with Gasteiger partial charge in [0.1, 0.15) is 6.04 Å². The Balaban J connectivity index is 4.11. The molecule has 0 bridgehead atoms. The molecule has 9 N–H and O–H groups in total. The molecule has 0 radical (unpaired) electrons. The van der Waals surface area contributed by atoms with Gasteiger partial charge in [-0.15, -0.1) is 0 Å². The van der Waals surface area contributed by atoms with Crippen LogP contribution in [0.2, 0.25) is 0 Å². The van der Waals surface area contributed by atoms with Crippen molar-refractivity contribution in [3.05, 3.63) is 0 Å². The van der Waals surface area contributed by atoms with Crippen molar-refractivity contribution in [3.63, 3.8) is 0 Å². The van der Waals surface area contributed by atoms with Crippen molar-refractivity contribution in [1.29, 1.82) is 0 Å². The van der Waals surface area contributed by atoms with Crippen LogP contribution >= 0.6 is 0 Å². The van der Waals surface area contributed by atoms with Crippen molar-refractivity contribution in [3.8, 4) is 0 Å². The molecule has 0 aliphatic heterocycles. The molecule has 112 valence electrons. The van der Waals surface area contributed by atoms with Gasteiger partial charge in [-0.2, -0.15) is 0 Å². The Bertz CT molecular complexity index is 273. The van der Waals surface area contributed by atoms with E-state index in [0.717, 1.165) is 25.7 Å². The first kappa shape index (κ1) is 17.8. The Morgan fingerprint density at radius 2 is 1.47 bits per heavy atom. The smallest absolute Gasteiger partial charge is 0.240 e. The largest absolute Gasteiger partial charge is 0.368 e. The number of carbonyl (C=O) groups is 2. The molecule has 0 unspecified atom stereocenters. The number of nitrogens with two attached hydrogens (primary N) is 4. The van der Waals surface area contributed by atoms with Crippen molar-refractivity contribution in [2.24, 2.45) is 22.9 Å². The zero-order valence-corrected chi connectivity index (χ0v) is 11.4. The number of carbonyl (C=O) groups excluding carboxylic acids is 2. The van der Waals surface area contributed by atoms with Gasteiger partial charge in [0.15, 0.2) is 0 Å². The average Bonchev–Trinajstić information content (AvgIpc) is 2.37. The van der Waals surface area contributed by atoms with E-state index in [1.807, 2.05) is 0 Å². The number of hydrogen-bond acceptors (Lipinski definition) is 5. The molecule has 0 fully saturated rings. The summed E-state index contributed by atoms with van der Waals surface area (Å²) in [6, 6.07) is -1.29. The molecule has 0 spiro atoms. The maximum absolute atomic E-state index is 11.8. The second kappa shape index (κ2) is 10.7. The Kier molecular flexibility index (Phi) is 10.1. The van der Waals surface area contributed by atoms with E-state index < -0.39 is 18.0 Å². The lowest BCUT2D eigenvalue weighted by atomic mass is 10.1. The third-order valence-electron chi connectivity index (χ3n) is 2.91. The van der Waals surface area contributed by atoms with E-state index >= 15 is 0 Å². The molecule has 7 nitrogen and oxygen atoms in total. The molecule has 0 aromatic rings. The van der Waals surface area contributed by atoms with Crippen molar-refractivity contribution in [1.82, 2.24) is 5.32 Å². The second-order valence-corrected chi connectivity index (χ2v) is 4.64. The van der Waals surface area contributed by atoms with Gasteiger partial charge in [-0.25, -0.2) is 0 Å². The molecule has 19 heavy (non-hydrogen) atoms. The molecule has 0 aliphatic rings. The third-order valence-corrected chi connectivity index (χ3v) is 2.91. The van der Waals surface area contributed by atoms with Crippen molar-refractivity contribution in [2.45, 2.75) is 50.6 Å². The highest BCUT2D eigenvalue weighted by molar-refractivity contribution is 5.88.